The van der Waals surface area contributed by atoms with Crippen LogP contribution in [0.1, 0.15) is 39.3 Å². The SMILES string of the molecule is CCSc1ccc(C(N[S@+]([O-])C(C)(C)C)C(=O)O)cc1. The molecular formula is C14H21NO3S2. The van der Waals surface area contributed by atoms with Crippen LogP contribution >= 0.6 is 11.8 Å². The fourth-order valence-corrected chi connectivity index (χ4v) is 2.93. The third-order valence-corrected chi connectivity index (χ3v) is 5.01. The van der Waals surface area contributed by atoms with E-state index in [2.05, 4.69) is 11.6 Å². The van der Waals surface area contributed by atoms with Crippen molar-refractivity contribution in [1.82, 2.24) is 4.72 Å². The fourth-order valence-electron chi connectivity index (χ4n) is 1.47. The first kappa shape index (κ1) is 17.4. The molecule has 1 rings (SSSR count). The molecule has 0 saturated carbocycles. The molecule has 0 aliphatic carbocycles. The number of carbonyl (C=O) groups is 1. The Labute approximate surface area is 127 Å². The number of hydrogen-bond donors (Lipinski definition) is 2. The second-order valence-electron chi connectivity index (χ2n) is 5.27. The van der Waals surface area contributed by atoms with Gasteiger partial charge in [-0.15, -0.1) is 16.5 Å². The van der Waals surface area contributed by atoms with Gasteiger partial charge in [0.15, 0.2) is 6.04 Å². The lowest BCUT2D eigenvalue weighted by Gasteiger charge is -2.26. The normalized spacial score (nSPS) is 14.8. The fraction of sp³-hybridized carbons (Fsp3) is 0.500. The van der Waals surface area contributed by atoms with Crippen LogP contribution in [0.15, 0.2) is 29.2 Å². The molecule has 0 spiro atoms. The van der Waals surface area contributed by atoms with Crippen molar-refractivity contribution in [2.45, 2.75) is 43.4 Å². The smallest absolute Gasteiger partial charge is 0.329 e. The zero-order chi connectivity index (χ0) is 15.3. The zero-order valence-electron chi connectivity index (χ0n) is 12.2. The van der Waals surface area contributed by atoms with E-state index in [-0.39, 0.29) is 0 Å². The zero-order valence-corrected chi connectivity index (χ0v) is 13.8. The highest BCUT2D eigenvalue weighted by atomic mass is 32.2. The number of nitrogens with one attached hydrogen (secondary N) is 1. The maximum absolute atomic E-state index is 12.1. The highest BCUT2D eigenvalue weighted by molar-refractivity contribution is 7.99. The number of rotatable bonds is 6. The van der Waals surface area contributed by atoms with Crippen LogP contribution in [0, 0.1) is 0 Å². The van der Waals surface area contributed by atoms with Crippen molar-refractivity contribution in [2.24, 2.45) is 0 Å². The quantitative estimate of drug-likeness (QED) is 0.624. The molecule has 2 atom stereocenters. The van der Waals surface area contributed by atoms with Crippen LogP contribution in [0.5, 0.6) is 0 Å². The van der Waals surface area contributed by atoms with E-state index >= 15 is 0 Å². The van der Waals surface area contributed by atoms with Crippen molar-refractivity contribution in [3.05, 3.63) is 29.8 Å². The first-order valence-corrected chi connectivity index (χ1v) is 8.53. The Hall–Kier alpha value is -0.690. The van der Waals surface area contributed by atoms with Gasteiger partial charge in [0.05, 0.1) is 0 Å². The Morgan fingerprint density at radius 2 is 1.95 bits per heavy atom. The Morgan fingerprint density at radius 1 is 1.40 bits per heavy atom. The topological polar surface area (TPSA) is 72.4 Å². The molecular weight excluding hydrogens is 294 g/mol. The lowest BCUT2D eigenvalue weighted by atomic mass is 10.1. The maximum Gasteiger partial charge on any atom is 0.329 e. The van der Waals surface area contributed by atoms with Gasteiger partial charge >= 0.3 is 5.97 Å². The maximum atomic E-state index is 12.1. The number of carboxylic acids is 1. The molecule has 0 aromatic heterocycles. The van der Waals surface area contributed by atoms with Crippen molar-refractivity contribution in [2.75, 3.05) is 5.75 Å². The summed E-state index contributed by atoms with van der Waals surface area (Å²) in [6, 6.07) is 6.35. The van der Waals surface area contributed by atoms with Crippen LogP contribution in [0.4, 0.5) is 0 Å². The van der Waals surface area contributed by atoms with Gasteiger partial charge in [0.25, 0.3) is 0 Å². The van der Waals surface area contributed by atoms with Crippen molar-refractivity contribution < 1.29 is 14.5 Å². The van der Waals surface area contributed by atoms with Crippen molar-refractivity contribution in [1.29, 1.82) is 0 Å². The van der Waals surface area contributed by atoms with E-state index in [9.17, 15) is 14.5 Å². The summed E-state index contributed by atoms with van der Waals surface area (Å²) in [5.74, 6) is -0.0629. The second kappa shape index (κ2) is 7.36. The predicted octanol–water partition coefficient (Wildman–Crippen LogP) is 2.98. The molecule has 1 aromatic rings. The van der Waals surface area contributed by atoms with Gasteiger partial charge in [-0.1, -0.05) is 19.1 Å². The van der Waals surface area contributed by atoms with Crippen molar-refractivity contribution >= 4 is 29.1 Å². The lowest BCUT2D eigenvalue weighted by Crippen LogP contribution is -2.43. The van der Waals surface area contributed by atoms with Crippen LogP contribution in [0.2, 0.25) is 0 Å². The van der Waals surface area contributed by atoms with E-state index in [0.717, 1.165) is 10.6 Å². The van der Waals surface area contributed by atoms with E-state index in [1.807, 2.05) is 12.1 Å². The summed E-state index contributed by atoms with van der Waals surface area (Å²) in [4.78, 5) is 12.5. The second-order valence-corrected chi connectivity index (χ2v) is 8.61. The van der Waals surface area contributed by atoms with Crippen LogP contribution in [-0.4, -0.2) is 26.1 Å². The molecule has 0 aliphatic rings. The molecule has 1 aromatic carbocycles. The number of thioether (sulfide) groups is 1. The predicted molar refractivity (Wildman–Crippen MR) is 84.2 cm³/mol. The van der Waals surface area contributed by atoms with Crippen LogP contribution in [0.25, 0.3) is 0 Å². The molecule has 0 fully saturated rings. The van der Waals surface area contributed by atoms with Crippen molar-refractivity contribution in [3.8, 4) is 0 Å². The Bertz CT molecular complexity index is 443. The largest absolute Gasteiger partial charge is 0.598 e. The lowest BCUT2D eigenvalue weighted by molar-refractivity contribution is -0.139. The molecule has 4 nitrogen and oxygen atoms in total. The molecule has 0 aliphatic heterocycles. The highest BCUT2D eigenvalue weighted by Gasteiger charge is 2.32. The standard InChI is InChI=1S/C14H21NO3S2/c1-5-19-11-8-6-10(7-9-11)12(13(16)17)15-20(18)14(2,3)4/h6-9,12,15H,5H2,1-4H3,(H,16,17)/t12?,20-/m1/s1. The number of aliphatic carboxylic acids is 1. The number of hydrogen-bond acceptors (Lipinski definition) is 4. The Balaban J connectivity index is 2.88. The first-order chi connectivity index (χ1) is 9.25. The van der Waals surface area contributed by atoms with E-state index < -0.39 is 28.1 Å². The molecule has 0 radical (unpaired) electrons. The molecule has 1 unspecified atom stereocenters. The van der Waals surface area contributed by atoms with Gasteiger partial charge in [-0.3, -0.25) is 0 Å². The summed E-state index contributed by atoms with van der Waals surface area (Å²) >= 11 is 0.261. The average molecular weight is 315 g/mol. The van der Waals surface area contributed by atoms with Crippen molar-refractivity contribution in [3.63, 3.8) is 0 Å². The van der Waals surface area contributed by atoms with Gasteiger partial charge < -0.3 is 9.66 Å². The third-order valence-electron chi connectivity index (χ3n) is 2.55. The average Bonchev–Trinajstić information content (AvgIpc) is 2.35. The summed E-state index contributed by atoms with van der Waals surface area (Å²) in [5, 5.41) is 9.31. The first-order valence-electron chi connectivity index (χ1n) is 6.39. The molecule has 112 valence electrons. The minimum Gasteiger partial charge on any atom is -0.598 e. The van der Waals surface area contributed by atoms with Gasteiger partial charge in [0, 0.05) is 16.3 Å². The van der Waals surface area contributed by atoms with Gasteiger partial charge in [-0.2, -0.15) is 0 Å². The molecule has 0 heterocycles. The third kappa shape index (κ3) is 5.01. The minimum absolute atomic E-state index is 0.508. The Kier molecular flexibility index (Phi) is 6.39. The summed E-state index contributed by atoms with van der Waals surface area (Å²) < 4.78 is 14.2. The Morgan fingerprint density at radius 3 is 2.35 bits per heavy atom. The molecule has 6 heteroatoms. The summed E-state index contributed by atoms with van der Waals surface area (Å²) in [7, 11) is 0. The molecule has 0 saturated heterocycles. The van der Waals surface area contributed by atoms with Crippen LogP contribution in [0.3, 0.4) is 0 Å². The van der Waals surface area contributed by atoms with E-state index in [1.54, 1.807) is 44.7 Å². The van der Waals surface area contributed by atoms with Gasteiger partial charge in [-0.25, -0.2) is 4.79 Å². The minimum atomic E-state index is -1.43. The molecule has 20 heavy (non-hydrogen) atoms. The van der Waals surface area contributed by atoms with E-state index in [4.69, 9.17) is 0 Å². The molecule has 2 N–H and O–H groups in total. The highest BCUT2D eigenvalue weighted by Crippen LogP contribution is 2.23. The van der Waals surface area contributed by atoms with Gasteiger partial charge in [0.2, 0.25) is 0 Å². The van der Waals surface area contributed by atoms with Crippen LogP contribution < -0.4 is 4.72 Å². The molecule has 0 bridgehead atoms. The summed E-state index contributed by atoms with van der Waals surface area (Å²) in [6.45, 7) is 7.47. The van der Waals surface area contributed by atoms with Crippen LogP contribution in [-0.2, 0) is 16.2 Å². The summed E-state index contributed by atoms with van der Waals surface area (Å²) in [5.41, 5.74) is 0.607. The van der Waals surface area contributed by atoms with E-state index in [1.165, 1.54) is 0 Å². The number of benzene rings is 1. The molecule has 0 amide bonds. The number of carboxylic acid groups (broad SMARTS) is 1. The van der Waals surface area contributed by atoms with E-state index in [0.29, 0.717) is 5.56 Å². The monoisotopic (exact) mass is 315 g/mol. The van der Waals surface area contributed by atoms with Gasteiger partial charge in [0.1, 0.15) is 4.75 Å². The van der Waals surface area contributed by atoms with Gasteiger partial charge in [-0.05, 0) is 44.2 Å². The summed E-state index contributed by atoms with van der Waals surface area (Å²) in [6.07, 6.45) is 0.